The Hall–Kier alpha value is -2.60. The first-order valence-electron chi connectivity index (χ1n) is 7.48. The molecule has 24 heavy (non-hydrogen) atoms. The minimum absolute atomic E-state index is 0.0715. The van der Waals surface area contributed by atoms with Gasteiger partial charge in [0.1, 0.15) is 17.9 Å². The molecule has 0 saturated heterocycles. The molecule has 124 valence electrons. The summed E-state index contributed by atoms with van der Waals surface area (Å²) >= 11 is 5.83. The summed E-state index contributed by atoms with van der Waals surface area (Å²) < 4.78 is 7.27. The number of aryl methyl sites for hydroxylation is 1. The van der Waals surface area contributed by atoms with Crippen LogP contribution in [0.1, 0.15) is 10.4 Å². The third kappa shape index (κ3) is 3.49. The molecule has 7 heteroatoms. The lowest BCUT2D eigenvalue weighted by molar-refractivity contribution is 0.0774. The van der Waals surface area contributed by atoms with Crippen LogP contribution in [0.15, 0.2) is 42.5 Å². The van der Waals surface area contributed by atoms with Gasteiger partial charge in [0, 0.05) is 24.7 Å². The van der Waals surface area contributed by atoms with Crippen LogP contribution in [0, 0.1) is 0 Å². The van der Waals surface area contributed by atoms with E-state index in [1.54, 1.807) is 66.1 Å². The van der Waals surface area contributed by atoms with Gasteiger partial charge in [-0.15, -0.1) is 5.10 Å². The Bertz CT molecular complexity index is 861. The molecule has 0 N–H and O–H groups in total. The van der Waals surface area contributed by atoms with E-state index in [-0.39, 0.29) is 5.91 Å². The molecule has 0 spiro atoms. The fraction of sp³-hybridized carbons (Fsp3) is 0.235. The highest BCUT2D eigenvalue weighted by atomic mass is 35.5. The monoisotopic (exact) mass is 344 g/mol. The third-order valence-electron chi connectivity index (χ3n) is 3.71. The third-order valence-corrected chi connectivity index (χ3v) is 3.97. The highest BCUT2D eigenvalue weighted by Crippen LogP contribution is 2.16. The van der Waals surface area contributed by atoms with Crippen molar-refractivity contribution in [1.29, 1.82) is 0 Å². The summed E-state index contributed by atoms with van der Waals surface area (Å²) in [5.74, 6) is 0.653. The van der Waals surface area contributed by atoms with E-state index < -0.39 is 0 Å². The zero-order valence-corrected chi connectivity index (χ0v) is 14.2. The maximum atomic E-state index is 12.5. The fourth-order valence-electron chi connectivity index (χ4n) is 2.32. The van der Waals surface area contributed by atoms with Gasteiger partial charge in [-0.2, -0.15) is 0 Å². The van der Waals surface area contributed by atoms with Gasteiger partial charge in [-0.3, -0.25) is 4.79 Å². The van der Waals surface area contributed by atoms with Crippen LogP contribution in [0.25, 0.3) is 11.0 Å². The SMILES string of the molecule is CN(CCOc1ccc(Cl)cc1)C(=O)c1ccc2nnn(C)c2c1. The Morgan fingerprint density at radius 3 is 2.75 bits per heavy atom. The van der Waals surface area contributed by atoms with E-state index in [0.29, 0.717) is 23.7 Å². The van der Waals surface area contributed by atoms with Crippen molar-refractivity contribution in [1.82, 2.24) is 19.9 Å². The quantitative estimate of drug-likeness (QED) is 0.714. The van der Waals surface area contributed by atoms with Gasteiger partial charge in [-0.1, -0.05) is 16.8 Å². The van der Waals surface area contributed by atoms with Crippen LogP contribution in [-0.4, -0.2) is 46.0 Å². The normalized spacial score (nSPS) is 10.8. The van der Waals surface area contributed by atoms with Crippen LogP contribution in [0.4, 0.5) is 0 Å². The van der Waals surface area contributed by atoms with E-state index in [1.807, 2.05) is 0 Å². The number of ether oxygens (including phenoxy) is 1. The van der Waals surface area contributed by atoms with Crippen molar-refractivity contribution >= 4 is 28.5 Å². The number of nitrogens with zero attached hydrogens (tertiary/aromatic N) is 4. The van der Waals surface area contributed by atoms with Crippen LogP contribution < -0.4 is 4.74 Å². The minimum Gasteiger partial charge on any atom is -0.492 e. The number of carbonyl (C=O) groups is 1. The molecule has 0 aliphatic rings. The molecule has 0 bridgehead atoms. The molecule has 0 saturated carbocycles. The molecule has 0 unspecified atom stereocenters. The number of amides is 1. The molecule has 1 heterocycles. The Morgan fingerprint density at radius 1 is 1.25 bits per heavy atom. The smallest absolute Gasteiger partial charge is 0.253 e. The molecule has 0 atom stereocenters. The lowest BCUT2D eigenvalue weighted by Crippen LogP contribution is -2.30. The fourth-order valence-corrected chi connectivity index (χ4v) is 2.44. The maximum Gasteiger partial charge on any atom is 0.253 e. The predicted octanol–water partition coefficient (Wildman–Crippen LogP) is 2.77. The number of hydrogen-bond donors (Lipinski definition) is 0. The van der Waals surface area contributed by atoms with Gasteiger partial charge in [-0.25, -0.2) is 4.68 Å². The average molecular weight is 345 g/mol. The lowest BCUT2D eigenvalue weighted by atomic mass is 10.1. The lowest BCUT2D eigenvalue weighted by Gasteiger charge is -2.17. The Morgan fingerprint density at radius 2 is 2.00 bits per heavy atom. The van der Waals surface area contributed by atoms with E-state index in [2.05, 4.69) is 10.3 Å². The molecule has 0 fully saturated rings. The van der Waals surface area contributed by atoms with Crippen LogP contribution in [0.3, 0.4) is 0 Å². The number of aromatic nitrogens is 3. The van der Waals surface area contributed by atoms with Crippen LogP contribution in [-0.2, 0) is 7.05 Å². The van der Waals surface area contributed by atoms with Crippen molar-refractivity contribution in [2.24, 2.45) is 7.05 Å². The molecule has 0 aliphatic heterocycles. The van der Waals surface area contributed by atoms with Crippen molar-refractivity contribution in [3.8, 4) is 5.75 Å². The molecule has 6 nitrogen and oxygen atoms in total. The number of halogens is 1. The van der Waals surface area contributed by atoms with Crippen molar-refractivity contribution in [2.75, 3.05) is 20.2 Å². The number of benzene rings is 2. The first-order valence-corrected chi connectivity index (χ1v) is 7.85. The first kappa shape index (κ1) is 16.3. The molecule has 0 aliphatic carbocycles. The van der Waals surface area contributed by atoms with Gasteiger partial charge in [0.2, 0.25) is 0 Å². The van der Waals surface area contributed by atoms with Gasteiger partial charge in [0.25, 0.3) is 5.91 Å². The van der Waals surface area contributed by atoms with Crippen molar-refractivity contribution in [3.63, 3.8) is 0 Å². The Kier molecular flexibility index (Phi) is 4.66. The Labute approximate surface area is 144 Å². The summed E-state index contributed by atoms with van der Waals surface area (Å²) in [6.07, 6.45) is 0. The van der Waals surface area contributed by atoms with Gasteiger partial charge >= 0.3 is 0 Å². The summed E-state index contributed by atoms with van der Waals surface area (Å²) in [7, 11) is 3.55. The topological polar surface area (TPSA) is 60.2 Å². The zero-order valence-electron chi connectivity index (χ0n) is 13.4. The van der Waals surface area contributed by atoms with Gasteiger partial charge in [-0.05, 0) is 42.5 Å². The summed E-state index contributed by atoms with van der Waals surface area (Å²) in [5.41, 5.74) is 2.19. The summed E-state index contributed by atoms with van der Waals surface area (Å²) in [5, 5.41) is 8.62. The van der Waals surface area contributed by atoms with Crippen LogP contribution in [0.2, 0.25) is 5.02 Å². The molecular weight excluding hydrogens is 328 g/mol. The summed E-state index contributed by atoms with van der Waals surface area (Å²) in [6.45, 7) is 0.877. The first-order chi connectivity index (χ1) is 11.5. The number of rotatable bonds is 5. The molecule has 0 radical (unpaired) electrons. The van der Waals surface area contributed by atoms with Crippen molar-refractivity contribution in [3.05, 3.63) is 53.1 Å². The maximum absolute atomic E-state index is 12.5. The highest BCUT2D eigenvalue weighted by molar-refractivity contribution is 6.30. The molecule has 1 amide bonds. The van der Waals surface area contributed by atoms with Crippen LogP contribution in [0.5, 0.6) is 5.75 Å². The highest BCUT2D eigenvalue weighted by Gasteiger charge is 2.13. The second-order valence-corrected chi connectivity index (χ2v) is 5.88. The summed E-state index contributed by atoms with van der Waals surface area (Å²) in [4.78, 5) is 14.1. The second-order valence-electron chi connectivity index (χ2n) is 5.45. The van der Waals surface area contributed by atoms with Crippen molar-refractivity contribution in [2.45, 2.75) is 0 Å². The molecule has 3 rings (SSSR count). The van der Waals surface area contributed by atoms with E-state index in [9.17, 15) is 4.79 Å². The van der Waals surface area contributed by atoms with Crippen LogP contribution >= 0.6 is 11.6 Å². The number of likely N-dealkylation sites (N-methyl/N-ethyl adjacent to an activating group) is 1. The standard InChI is InChI=1S/C17H17ClN4O2/c1-21(9-10-24-14-6-4-13(18)5-7-14)17(23)12-3-8-15-16(11-12)22(2)20-19-15/h3-8,11H,9-10H2,1-2H3. The number of carbonyl (C=O) groups excluding carboxylic acids is 1. The van der Waals surface area contributed by atoms with Gasteiger partial charge < -0.3 is 9.64 Å². The number of hydrogen-bond acceptors (Lipinski definition) is 4. The minimum atomic E-state index is -0.0715. The van der Waals surface area contributed by atoms with Gasteiger partial charge in [0.05, 0.1) is 12.1 Å². The largest absolute Gasteiger partial charge is 0.492 e. The number of fused-ring (bicyclic) bond motifs is 1. The zero-order chi connectivity index (χ0) is 17.1. The average Bonchev–Trinajstić information content (AvgIpc) is 2.96. The molecule has 2 aromatic carbocycles. The summed E-state index contributed by atoms with van der Waals surface area (Å²) in [6, 6.07) is 12.5. The predicted molar refractivity (Wildman–Crippen MR) is 92.4 cm³/mol. The molecule has 3 aromatic rings. The van der Waals surface area contributed by atoms with E-state index in [0.717, 1.165) is 16.8 Å². The van der Waals surface area contributed by atoms with Gasteiger partial charge in [0.15, 0.2) is 0 Å². The molecular formula is C17H17ClN4O2. The Balaban J connectivity index is 1.61. The van der Waals surface area contributed by atoms with E-state index >= 15 is 0 Å². The second kappa shape index (κ2) is 6.88. The van der Waals surface area contributed by atoms with E-state index in [4.69, 9.17) is 16.3 Å². The van der Waals surface area contributed by atoms with E-state index in [1.165, 1.54) is 0 Å². The van der Waals surface area contributed by atoms with Crippen molar-refractivity contribution < 1.29 is 9.53 Å². The molecule has 1 aromatic heterocycles.